The second-order valence-electron chi connectivity index (χ2n) is 6.08. The number of hydrogen-bond acceptors (Lipinski definition) is 3. The quantitative estimate of drug-likeness (QED) is 0.688. The molecule has 0 atom stereocenters. The van der Waals surface area contributed by atoms with Gasteiger partial charge in [-0.1, -0.05) is 30.7 Å². The molecule has 2 aromatic carbocycles. The first-order chi connectivity index (χ1) is 12.3. The van der Waals surface area contributed by atoms with Crippen molar-refractivity contribution < 1.29 is 18.3 Å². The summed E-state index contributed by atoms with van der Waals surface area (Å²) < 4.78 is 27.0. The lowest BCUT2D eigenvalue weighted by atomic mass is 10.1. The SMILES string of the molecule is CCC(=Cc1ccc2c(ccn2S(=O)(=O)c2ccc(C)cc2)c1)C(=O)O. The smallest absolute Gasteiger partial charge is 0.331 e. The van der Waals surface area contributed by atoms with Gasteiger partial charge < -0.3 is 5.11 Å². The van der Waals surface area contributed by atoms with Crippen LogP contribution >= 0.6 is 0 Å². The molecule has 0 saturated carbocycles. The van der Waals surface area contributed by atoms with E-state index in [-0.39, 0.29) is 4.90 Å². The fourth-order valence-corrected chi connectivity index (χ4v) is 4.13. The number of nitrogens with zero attached hydrogens (tertiary/aromatic N) is 1. The van der Waals surface area contributed by atoms with Crippen molar-refractivity contribution in [2.45, 2.75) is 25.2 Å². The molecule has 134 valence electrons. The van der Waals surface area contributed by atoms with Crippen LogP contribution in [0.25, 0.3) is 17.0 Å². The van der Waals surface area contributed by atoms with Crippen LogP contribution in [0.1, 0.15) is 24.5 Å². The number of fused-ring (bicyclic) bond motifs is 1. The molecule has 1 aromatic heterocycles. The molecule has 0 spiro atoms. The minimum atomic E-state index is -3.69. The number of carboxylic acid groups (broad SMARTS) is 1. The summed E-state index contributed by atoms with van der Waals surface area (Å²) in [5.74, 6) is -0.952. The minimum absolute atomic E-state index is 0.226. The molecule has 0 fully saturated rings. The number of carbonyl (C=O) groups is 1. The molecule has 0 amide bonds. The second kappa shape index (κ2) is 6.80. The average Bonchev–Trinajstić information content (AvgIpc) is 3.03. The van der Waals surface area contributed by atoms with Gasteiger partial charge in [0, 0.05) is 17.2 Å². The lowest BCUT2D eigenvalue weighted by Crippen LogP contribution is -2.11. The topological polar surface area (TPSA) is 76.4 Å². The third-order valence-electron chi connectivity index (χ3n) is 4.25. The average molecular weight is 369 g/mol. The van der Waals surface area contributed by atoms with E-state index in [9.17, 15) is 13.2 Å². The Morgan fingerprint density at radius 1 is 1.12 bits per heavy atom. The van der Waals surface area contributed by atoms with Gasteiger partial charge in [-0.3, -0.25) is 0 Å². The first-order valence-corrected chi connectivity index (χ1v) is 9.64. The second-order valence-corrected chi connectivity index (χ2v) is 7.89. The highest BCUT2D eigenvalue weighted by molar-refractivity contribution is 7.90. The molecule has 6 heteroatoms. The number of aromatic nitrogens is 1. The summed E-state index contributed by atoms with van der Waals surface area (Å²) in [5, 5.41) is 9.88. The van der Waals surface area contributed by atoms with Gasteiger partial charge in [-0.2, -0.15) is 0 Å². The van der Waals surface area contributed by atoms with Crippen molar-refractivity contribution in [1.29, 1.82) is 0 Å². The third kappa shape index (κ3) is 3.28. The monoisotopic (exact) mass is 369 g/mol. The van der Waals surface area contributed by atoms with Crippen LogP contribution in [-0.4, -0.2) is 23.5 Å². The number of hydrogen-bond donors (Lipinski definition) is 1. The van der Waals surface area contributed by atoms with E-state index in [4.69, 9.17) is 5.11 Å². The lowest BCUT2D eigenvalue weighted by molar-refractivity contribution is -0.132. The van der Waals surface area contributed by atoms with E-state index in [1.54, 1.807) is 61.5 Å². The van der Waals surface area contributed by atoms with Gasteiger partial charge in [-0.25, -0.2) is 17.2 Å². The Labute approximate surface area is 152 Å². The van der Waals surface area contributed by atoms with Gasteiger partial charge in [0.25, 0.3) is 10.0 Å². The summed E-state index contributed by atoms with van der Waals surface area (Å²) in [6.07, 6.45) is 3.54. The van der Waals surface area contributed by atoms with Crippen molar-refractivity contribution in [3.8, 4) is 0 Å². The maximum atomic E-state index is 12.9. The van der Waals surface area contributed by atoms with Gasteiger partial charge >= 0.3 is 5.97 Å². The van der Waals surface area contributed by atoms with Gasteiger partial charge in [0.05, 0.1) is 10.4 Å². The summed E-state index contributed by atoms with van der Waals surface area (Å²) in [4.78, 5) is 11.4. The van der Waals surface area contributed by atoms with E-state index >= 15 is 0 Å². The zero-order valence-electron chi connectivity index (χ0n) is 14.5. The zero-order chi connectivity index (χ0) is 18.9. The molecule has 5 nitrogen and oxygen atoms in total. The molecule has 1 heterocycles. The first kappa shape index (κ1) is 17.9. The standard InChI is InChI=1S/C20H19NO4S/c1-3-16(20(22)23)12-15-6-9-19-17(13-15)10-11-21(19)26(24,25)18-7-4-14(2)5-8-18/h4-13H,3H2,1-2H3,(H,22,23). The van der Waals surface area contributed by atoms with Crippen molar-refractivity contribution in [3.63, 3.8) is 0 Å². The third-order valence-corrected chi connectivity index (χ3v) is 5.96. The molecule has 1 N–H and O–H groups in total. The maximum absolute atomic E-state index is 12.9. The summed E-state index contributed by atoms with van der Waals surface area (Å²) in [5.41, 5.74) is 2.57. The molecule has 0 bridgehead atoms. The molecule has 0 radical (unpaired) electrons. The Balaban J connectivity index is 2.07. The largest absolute Gasteiger partial charge is 0.478 e. The van der Waals surface area contributed by atoms with Crippen LogP contribution in [0.2, 0.25) is 0 Å². The predicted octanol–water partition coefficient (Wildman–Crippen LogP) is 4.06. The first-order valence-electron chi connectivity index (χ1n) is 8.20. The Hall–Kier alpha value is -2.86. The van der Waals surface area contributed by atoms with Gasteiger partial charge in [0.2, 0.25) is 0 Å². The number of carboxylic acids is 1. The van der Waals surface area contributed by atoms with Crippen molar-refractivity contribution in [2.75, 3.05) is 0 Å². The van der Waals surface area contributed by atoms with Gasteiger partial charge in [0.1, 0.15) is 0 Å². The van der Waals surface area contributed by atoms with Crippen LogP contribution in [0.5, 0.6) is 0 Å². The Morgan fingerprint density at radius 3 is 2.42 bits per heavy atom. The molecule has 0 aliphatic carbocycles. The normalized spacial score (nSPS) is 12.5. The maximum Gasteiger partial charge on any atom is 0.331 e. The Morgan fingerprint density at radius 2 is 1.81 bits per heavy atom. The molecular weight excluding hydrogens is 350 g/mol. The number of rotatable bonds is 5. The van der Waals surface area contributed by atoms with E-state index < -0.39 is 16.0 Å². The highest BCUT2D eigenvalue weighted by atomic mass is 32.2. The Kier molecular flexibility index (Phi) is 4.70. The van der Waals surface area contributed by atoms with E-state index in [1.807, 2.05) is 6.92 Å². The van der Waals surface area contributed by atoms with Gasteiger partial charge in [-0.15, -0.1) is 0 Å². The van der Waals surface area contributed by atoms with Crippen LogP contribution in [0.3, 0.4) is 0 Å². The Bertz CT molecular complexity index is 1110. The van der Waals surface area contributed by atoms with Crippen molar-refractivity contribution in [3.05, 3.63) is 71.4 Å². The minimum Gasteiger partial charge on any atom is -0.478 e. The highest BCUT2D eigenvalue weighted by Gasteiger charge is 2.18. The number of aliphatic carboxylic acids is 1. The highest BCUT2D eigenvalue weighted by Crippen LogP contribution is 2.24. The van der Waals surface area contributed by atoms with Crippen LogP contribution in [-0.2, 0) is 14.8 Å². The van der Waals surface area contributed by atoms with Crippen LogP contribution < -0.4 is 0 Å². The molecule has 3 rings (SSSR count). The zero-order valence-corrected chi connectivity index (χ0v) is 15.3. The van der Waals surface area contributed by atoms with Gasteiger partial charge in [-0.05, 0) is 55.3 Å². The predicted molar refractivity (Wildman–Crippen MR) is 102 cm³/mol. The number of benzene rings is 2. The van der Waals surface area contributed by atoms with E-state index in [0.717, 1.165) is 16.5 Å². The van der Waals surface area contributed by atoms with E-state index in [0.29, 0.717) is 17.5 Å². The van der Waals surface area contributed by atoms with E-state index in [1.165, 1.54) is 10.2 Å². The molecule has 3 aromatic rings. The van der Waals surface area contributed by atoms with Crippen LogP contribution in [0.15, 0.2) is 65.2 Å². The van der Waals surface area contributed by atoms with Gasteiger partial charge in [0.15, 0.2) is 0 Å². The van der Waals surface area contributed by atoms with E-state index in [2.05, 4.69) is 0 Å². The fourth-order valence-electron chi connectivity index (χ4n) is 2.77. The molecule has 0 aliphatic heterocycles. The summed E-state index contributed by atoms with van der Waals surface area (Å²) in [7, 11) is -3.69. The summed E-state index contributed by atoms with van der Waals surface area (Å²) in [6.45, 7) is 3.68. The van der Waals surface area contributed by atoms with Crippen molar-refractivity contribution in [1.82, 2.24) is 3.97 Å². The van der Waals surface area contributed by atoms with Crippen molar-refractivity contribution in [2.24, 2.45) is 0 Å². The molecule has 0 aliphatic rings. The van der Waals surface area contributed by atoms with Crippen LogP contribution in [0, 0.1) is 6.92 Å². The number of aryl methyl sites for hydroxylation is 1. The molecular formula is C20H19NO4S. The fraction of sp³-hybridized carbons (Fsp3) is 0.150. The molecule has 0 saturated heterocycles. The summed E-state index contributed by atoms with van der Waals surface area (Å²) in [6, 6.07) is 13.6. The van der Waals surface area contributed by atoms with Crippen molar-refractivity contribution >= 4 is 33.0 Å². The lowest BCUT2D eigenvalue weighted by Gasteiger charge is -2.08. The molecule has 26 heavy (non-hydrogen) atoms. The summed E-state index contributed by atoms with van der Waals surface area (Å²) >= 11 is 0. The van der Waals surface area contributed by atoms with Crippen LogP contribution in [0.4, 0.5) is 0 Å². The molecule has 0 unspecified atom stereocenters.